The summed E-state index contributed by atoms with van der Waals surface area (Å²) in [5.74, 6) is -1.99. The van der Waals surface area contributed by atoms with E-state index in [4.69, 9.17) is 10.4 Å². The number of para-hydroxylation sites is 1. The second-order valence-electron chi connectivity index (χ2n) is 5.78. The predicted molar refractivity (Wildman–Crippen MR) is 94.0 cm³/mol. The van der Waals surface area contributed by atoms with E-state index in [0.29, 0.717) is 0 Å². The molecule has 2 aromatic rings. The summed E-state index contributed by atoms with van der Waals surface area (Å²) in [6.45, 7) is 0.185. The molecule has 1 atom stereocenters. The number of hydrogen-bond acceptors (Lipinski definition) is 4. The largest absolute Gasteiger partial charge is 0.481 e. The number of nitriles is 1. The SMILES string of the molecule is N#CCCNC(=O)C(Cc1c[nH]c2ccccc12)NC(=O)CCC(=O)O. The summed E-state index contributed by atoms with van der Waals surface area (Å²) in [5, 5.41) is 23.4. The Balaban J connectivity index is 2.11. The number of aliphatic carboxylic acids is 1. The number of amides is 2. The Bertz CT molecular complexity index is 837. The van der Waals surface area contributed by atoms with Crippen molar-refractivity contribution < 1.29 is 19.5 Å². The maximum atomic E-state index is 12.4. The average molecular weight is 356 g/mol. The minimum atomic E-state index is -1.08. The highest BCUT2D eigenvalue weighted by molar-refractivity contribution is 5.90. The Morgan fingerprint density at radius 3 is 2.73 bits per heavy atom. The smallest absolute Gasteiger partial charge is 0.303 e. The number of nitrogens with zero attached hydrogens (tertiary/aromatic N) is 1. The zero-order chi connectivity index (χ0) is 18.9. The van der Waals surface area contributed by atoms with E-state index in [0.717, 1.165) is 16.5 Å². The van der Waals surface area contributed by atoms with Gasteiger partial charge in [0, 0.05) is 36.5 Å². The van der Waals surface area contributed by atoms with Gasteiger partial charge in [-0.1, -0.05) is 18.2 Å². The first kappa shape index (κ1) is 19.0. The molecule has 0 aliphatic rings. The lowest BCUT2D eigenvalue weighted by molar-refractivity contribution is -0.139. The monoisotopic (exact) mass is 356 g/mol. The second kappa shape index (κ2) is 9.22. The summed E-state index contributed by atoms with van der Waals surface area (Å²) in [6.07, 6.45) is 1.69. The van der Waals surface area contributed by atoms with Gasteiger partial charge in [-0.2, -0.15) is 5.26 Å². The molecule has 0 bridgehead atoms. The number of aromatic amines is 1. The number of H-pyrrole nitrogens is 1. The van der Waals surface area contributed by atoms with Gasteiger partial charge in [0.05, 0.1) is 18.9 Å². The third kappa shape index (κ3) is 5.34. The number of fused-ring (bicyclic) bond motifs is 1. The van der Waals surface area contributed by atoms with Crippen LogP contribution in [0.2, 0.25) is 0 Å². The molecule has 1 unspecified atom stereocenters. The quantitative estimate of drug-likeness (QED) is 0.499. The molecule has 0 spiro atoms. The van der Waals surface area contributed by atoms with Crippen molar-refractivity contribution in [1.82, 2.24) is 15.6 Å². The molecule has 4 N–H and O–H groups in total. The predicted octanol–water partition coefficient (Wildman–Crippen LogP) is 1.09. The number of carboxylic acid groups (broad SMARTS) is 1. The number of carboxylic acids is 1. The van der Waals surface area contributed by atoms with Gasteiger partial charge in [0.15, 0.2) is 0 Å². The molecule has 8 heteroatoms. The van der Waals surface area contributed by atoms with E-state index >= 15 is 0 Å². The van der Waals surface area contributed by atoms with Crippen molar-refractivity contribution in [2.75, 3.05) is 6.54 Å². The van der Waals surface area contributed by atoms with Gasteiger partial charge in [-0.05, 0) is 11.6 Å². The van der Waals surface area contributed by atoms with Gasteiger partial charge >= 0.3 is 5.97 Å². The Hall–Kier alpha value is -3.34. The fraction of sp³-hybridized carbons (Fsp3) is 0.333. The van der Waals surface area contributed by atoms with Crippen molar-refractivity contribution in [1.29, 1.82) is 5.26 Å². The Morgan fingerprint density at radius 2 is 2.00 bits per heavy atom. The molecule has 26 heavy (non-hydrogen) atoms. The van der Waals surface area contributed by atoms with E-state index in [1.165, 1.54) is 0 Å². The molecule has 0 saturated carbocycles. The summed E-state index contributed by atoms with van der Waals surface area (Å²) >= 11 is 0. The highest BCUT2D eigenvalue weighted by Crippen LogP contribution is 2.19. The van der Waals surface area contributed by atoms with Gasteiger partial charge in [-0.25, -0.2) is 0 Å². The third-order valence-corrected chi connectivity index (χ3v) is 3.85. The molecule has 2 rings (SSSR count). The molecule has 1 aromatic heterocycles. The van der Waals surface area contributed by atoms with E-state index in [1.807, 2.05) is 30.3 Å². The lowest BCUT2D eigenvalue weighted by Gasteiger charge is -2.18. The number of aromatic nitrogens is 1. The van der Waals surface area contributed by atoms with Gasteiger partial charge in [0.1, 0.15) is 6.04 Å². The normalized spacial score (nSPS) is 11.5. The van der Waals surface area contributed by atoms with Crippen LogP contribution in [0.3, 0.4) is 0 Å². The highest BCUT2D eigenvalue weighted by Gasteiger charge is 2.22. The van der Waals surface area contributed by atoms with Crippen molar-refractivity contribution in [3.05, 3.63) is 36.0 Å². The molecular formula is C18H20N4O4. The molecule has 8 nitrogen and oxygen atoms in total. The molecule has 1 heterocycles. The van der Waals surface area contributed by atoms with Crippen LogP contribution < -0.4 is 10.6 Å². The summed E-state index contributed by atoms with van der Waals surface area (Å²) in [5.41, 5.74) is 1.78. The number of nitrogens with one attached hydrogen (secondary N) is 3. The van der Waals surface area contributed by atoms with Crippen LogP contribution in [0.25, 0.3) is 10.9 Å². The van der Waals surface area contributed by atoms with Crippen molar-refractivity contribution in [3.63, 3.8) is 0 Å². The summed E-state index contributed by atoms with van der Waals surface area (Å²) in [7, 11) is 0. The van der Waals surface area contributed by atoms with E-state index in [-0.39, 0.29) is 32.2 Å². The van der Waals surface area contributed by atoms with Crippen molar-refractivity contribution in [2.45, 2.75) is 31.7 Å². The molecule has 136 valence electrons. The molecule has 1 aromatic carbocycles. The number of hydrogen-bond donors (Lipinski definition) is 4. The first-order valence-corrected chi connectivity index (χ1v) is 8.22. The van der Waals surface area contributed by atoms with Crippen LogP contribution in [0, 0.1) is 11.3 Å². The number of rotatable bonds is 9. The van der Waals surface area contributed by atoms with E-state index in [2.05, 4.69) is 15.6 Å². The summed E-state index contributed by atoms with van der Waals surface area (Å²) < 4.78 is 0. The minimum absolute atomic E-state index is 0.165. The lowest BCUT2D eigenvalue weighted by Crippen LogP contribution is -2.48. The Kier molecular flexibility index (Phi) is 6.74. The first-order valence-electron chi connectivity index (χ1n) is 8.22. The van der Waals surface area contributed by atoms with Gasteiger partial charge in [-0.15, -0.1) is 0 Å². The molecule has 0 aliphatic heterocycles. The number of carbonyl (C=O) groups excluding carboxylic acids is 2. The van der Waals surface area contributed by atoms with E-state index < -0.39 is 23.8 Å². The van der Waals surface area contributed by atoms with Crippen molar-refractivity contribution in [2.24, 2.45) is 0 Å². The van der Waals surface area contributed by atoms with Gasteiger partial charge in [-0.3, -0.25) is 14.4 Å². The first-order chi connectivity index (χ1) is 12.5. The fourth-order valence-electron chi connectivity index (χ4n) is 2.58. The van der Waals surface area contributed by atoms with Crippen LogP contribution in [0.4, 0.5) is 0 Å². The topological polar surface area (TPSA) is 135 Å². The van der Waals surface area contributed by atoms with Crippen LogP contribution in [0.15, 0.2) is 30.5 Å². The van der Waals surface area contributed by atoms with E-state index in [9.17, 15) is 14.4 Å². The second-order valence-corrected chi connectivity index (χ2v) is 5.78. The number of benzene rings is 1. The van der Waals surface area contributed by atoms with Crippen LogP contribution in [-0.4, -0.2) is 40.5 Å². The Labute approximate surface area is 150 Å². The van der Waals surface area contributed by atoms with Crippen molar-refractivity contribution in [3.8, 4) is 6.07 Å². The van der Waals surface area contributed by atoms with Crippen LogP contribution in [0.5, 0.6) is 0 Å². The van der Waals surface area contributed by atoms with Crippen molar-refractivity contribution >= 4 is 28.7 Å². The zero-order valence-electron chi connectivity index (χ0n) is 14.1. The van der Waals surface area contributed by atoms with E-state index in [1.54, 1.807) is 6.20 Å². The average Bonchev–Trinajstić information content (AvgIpc) is 3.02. The molecular weight excluding hydrogens is 336 g/mol. The lowest BCUT2D eigenvalue weighted by atomic mass is 10.0. The molecule has 0 fully saturated rings. The van der Waals surface area contributed by atoms with Crippen LogP contribution in [0.1, 0.15) is 24.8 Å². The van der Waals surface area contributed by atoms with Gasteiger partial charge < -0.3 is 20.7 Å². The molecule has 0 aliphatic carbocycles. The summed E-state index contributed by atoms with van der Waals surface area (Å²) in [6, 6.07) is 8.68. The molecule has 0 radical (unpaired) electrons. The highest BCUT2D eigenvalue weighted by atomic mass is 16.4. The number of carbonyl (C=O) groups is 3. The maximum Gasteiger partial charge on any atom is 0.303 e. The Morgan fingerprint density at radius 1 is 1.23 bits per heavy atom. The maximum absolute atomic E-state index is 12.4. The van der Waals surface area contributed by atoms with Gasteiger partial charge in [0.25, 0.3) is 0 Å². The summed E-state index contributed by atoms with van der Waals surface area (Å²) in [4.78, 5) is 38.1. The molecule has 2 amide bonds. The minimum Gasteiger partial charge on any atom is -0.481 e. The van der Waals surface area contributed by atoms with Gasteiger partial charge in [0.2, 0.25) is 11.8 Å². The van der Waals surface area contributed by atoms with Crippen LogP contribution in [-0.2, 0) is 20.8 Å². The van der Waals surface area contributed by atoms with Crippen LogP contribution >= 0.6 is 0 Å². The molecule has 0 saturated heterocycles. The fourth-order valence-corrected chi connectivity index (χ4v) is 2.58. The third-order valence-electron chi connectivity index (χ3n) is 3.85. The standard InChI is InChI=1S/C18H20N4O4/c19-8-3-9-20-18(26)15(22-16(23)6-7-17(24)25)10-12-11-21-14-5-2-1-4-13(12)14/h1-2,4-5,11,15,21H,3,6-7,9-10H2,(H,20,26)(H,22,23)(H,24,25). The zero-order valence-corrected chi connectivity index (χ0v) is 14.1.